The van der Waals surface area contributed by atoms with E-state index >= 15 is 0 Å². The van der Waals surface area contributed by atoms with Crippen LogP contribution in [0.2, 0.25) is 0 Å². The number of hydrogen-bond acceptors (Lipinski definition) is 2. The number of ether oxygens (including phenoxy) is 1. The lowest BCUT2D eigenvalue weighted by molar-refractivity contribution is -0.141. The maximum absolute atomic E-state index is 10.0. The normalized spacial score (nSPS) is 12.9. The van der Waals surface area contributed by atoms with Crippen LogP contribution in [0.3, 0.4) is 0 Å². The van der Waals surface area contributed by atoms with Gasteiger partial charge in [0.25, 0.3) is 0 Å². The van der Waals surface area contributed by atoms with Gasteiger partial charge in [-0.25, -0.2) is 0 Å². The van der Waals surface area contributed by atoms with Crippen molar-refractivity contribution in [1.82, 2.24) is 5.73 Å². The van der Waals surface area contributed by atoms with Crippen molar-refractivity contribution >= 4 is 5.97 Å². The number of carbonyl (C=O) groups is 1. The fourth-order valence-corrected chi connectivity index (χ4v) is 0.242. The van der Waals surface area contributed by atoms with Gasteiger partial charge in [-0.2, -0.15) is 0 Å². The molecule has 0 aliphatic rings. The second-order valence-electron chi connectivity index (χ2n) is 1.70. The molecule has 0 aliphatic heterocycles. The molecular weight excluding hydrogens is 106 g/mol. The topological polar surface area (TPSA) is 50.1 Å². The fourth-order valence-electron chi connectivity index (χ4n) is 0.242. The van der Waals surface area contributed by atoms with Crippen molar-refractivity contribution in [1.29, 1.82) is 0 Å². The minimum atomic E-state index is -0.316. The molecular formula is C5H10NO2. The lowest BCUT2D eigenvalue weighted by atomic mass is 10.4. The third-order valence-corrected chi connectivity index (χ3v) is 0.537. The molecule has 3 nitrogen and oxygen atoms in total. The summed E-state index contributed by atoms with van der Waals surface area (Å²) in [5.41, 5.74) is 6.89. The third kappa shape index (κ3) is 5.43. The minimum absolute atomic E-state index is 0.204. The van der Waals surface area contributed by atoms with E-state index in [1.165, 1.54) is 6.92 Å². The third-order valence-electron chi connectivity index (χ3n) is 0.537. The summed E-state index contributed by atoms with van der Waals surface area (Å²) >= 11 is 0. The second kappa shape index (κ2) is 3.43. The van der Waals surface area contributed by atoms with Crippen molar-refractivity contribution in [3.8, 4) is 0 Å². The van der Waals surface area contributed by atoms with Gasteiger partial charge in [0.2, 0.25) is 0 Å². The first kappa shape index (κ1) is 7.43. The number of carbonyl (C=O) groups excluding carboxylic acids is 1. The maximum Gasteiger partial charge on any atom is 0.302 e. The van der Waals surface area contributed by atoms with E-state index in [1.807, 2.05) is 0 Å². The number of esters is 1. The molecule has 1 unspecified atom stereocenters. The van der Waals surface area contributed by atoms with Crippen LogP contribution in [0.1, 0.15) is 13.8 Å². The van der Waals surface area contributed by atoms with Crippen LogP contribution in [0.25, 0.3) is 0 Å². The fraction of sp³-hybridized carbons (Fsp3) is 0.800. The molecule has 0 amide bonds. The highest BCUT2D eigenvalue weighted by Gasteiger charge is 1.95. The van der Waals surface area contributed by atoms with E-state index in [4.69, 9.17) is 5.73 Å². The van der Waals surface area contributed by atoms with Gasteiger partial charge in [0, 0.05) is 6.92 Å². The summed E-state index contributed by atoms with van der Waals surface area (Å²) in [6, 6.07) is -0.307. The zero-order valence-electron chi connectivity index (χ0n) is 5.10. The predicted molar refractivity (Wildman–Crippen MR) is 29.2 cm³/mol. The summed E-state index contributed by atoms with van der Waals surface area (Å²) in [6.07, 6.45) is 0. The summed E-state index contributed by atoms with van der Waals surface area (Å²) in [5, 5.41) is 0. The van der Waals surface area contributed by atoms with E-state index in [1.54, 1.807) is 6.92 Å². The molecule has 1 atom stereocenters. The van der Waals surface area contributed by atoms with Gasteiger partial charge >= 0.3 is 5.97 Å². The van der Waals surface area contributed by atoms with Crippen molar-refractivity contribution in [2.75, 3.05) is 6.61 Å². The van der Waals surface area contributed by atoms with Gasteiger partial charge in [-0.3, -0.25) is 10.5 Å². The summed E-state index contributed by atoms with van der Waals surface area (Å²) in [6.45, 7) is 3.21. The Morgan fingerprint density at radius 3 is 2.50 bits per heavy atom. The van der Waals surface area contributed by atoms with Gasteiger partial charge in [-0.15, -0.1) is 0 Å². The van der Waals surface area contributed by atoms with Crippen LogP contribution in [-0.4, -0.2) is 18.6 Å². The number of rotatable bonds is 2. The largest absolute Gasteiger partial charge is 0.464 e. The van der Waals surface area contributed by atoms with E-state index in [9.17, 15) is 4.79 Å². The Bertz CT molecular complexity index is 80.5. The van der Waals surface area contributed by atoms with Crippen LogP contribution in [0.4, 0.5) is 0 Å². The van der Waals surface area contributed by atoms with Crippen LogP contribution < -0.4 is 5.73 Å². The highest BCUT2D eigenvalue weighted by atomic mass is 16.5. The highest BCUT2D eigenvalue weighted by Crippen LogP contribution is 1.80. The van der Waals surface area contributed by atoms with Gasteiger partial charge < -0.3 is 4.74 Å². The molecule has 0 aromatic heterocycles. The first-order valence-corrected chi connectivity index (χ1v) is 2.47. The van der Waals surface area contributed by atoms with Crippen LogP contribution in [-0.2, 0) is 9.53 Å². The minimum Gasteiger partial charge on any atom is -0.464 e. The molecule has 0 aromatic rings. The molecule has 0 heterocycles. The van der Waals surface area contributed by atoms with Crippen molar-refractivity contribution < 1.29 is 9.53 Å². The molecule has 0 aromatic carbocycles. The summed E-state index contributed by atoms with van der Waals surface area (Å²) in [4.78, 5) is 10.0. The van der Waals surface area contributed by atoms with E-state index < -0.39 is 0 Å². The first-order chi connectivity index (χ1) is 3.63. The zero-order valence-corrected chi connectivity index (χ0v) is 5.10. The first-order valence-electron chi connectivity index (χ1n) is 2.47. The molecule has 0 aliphatic carbocycles. The molecule has 0 fully saturated rings. The van der Waals surface area contributed by atoms with Crippen LogP contribution in [0, 0.1) is 0 Å². The quantitative estimate of drug-likeness (QED) is 0.484. The van der Waals surface area contributed by atoms with Gasteiger partial charge in [-0.05, 0) is 6.92 Å². The zero-order chi connectivity index (χ0) is 6.57. The SMILES string of the molecule is CC(=O)OCC(C)[NH]. The smallest absolute Gasteiger partial charge is 0.302 e. The highest BCUT2D eigenvalue weighted by molar-refractivity contribution is 5.65. The Balaban J connectivity index is 3.05. The standard InChI is InChI=1S/C5H10NO2/c1-4(6)3-8-5(2)7/h4,6H,3H2,1-2H3. The molecule has 1 N–H and O–H groups in total. The molecule has 0 saturated carbocycles. The Labute approximate surface area is 48.8 Å². The van der Waals surface area contributed by atoms with E-state index in [-0.39, 0.29) is 18.6 Å². The van der Waals surface area contributed by atoms with Crippen LogP contribution >= 0.6 is 0 Å². The summed E-state index contributed by atoms with van der Waals surface area (Å²) in [7, 11) is 0. The Morgan fingerprint density at radius 1 is 1.88 bits per heavy atom. The summed E-state index contributed by atoms with van der Waals surface area (Å²) in [5.74, 6) is -0.316. The predicted octanol–water partition coefficient (Wildman–Crippen LogP) is 0.221. The molecule has 47 valence electrons. The average molecular weight is 116 g/mol. The number of hydrogen-bond donors (Lipinski definition) is 0. The van der Waals surface area contributed by atoms with Gasteiger partial charge in [-0.1, -0.05) is 0 Å². The van der Waals surface area contributed by atoms with Crippen LogP contribution in [0.5, 0.6) is 0 Å². The molecule has 0 rings (SSSR count). The lowest BCUT2D eigenvalue weighted by Gasteiger charge is -2.01. The second-order valence-corrected chi connectivity index (χ2v) is 1.70. The van der Waals surface area contributed by atoms with E-state index in [0.717, 1.165) is 0 Å². The van der Waals surface area contributed by atoms with Crippen molar-refractivity contribution in [3.05, 3.63) is 0 Å². The molecule has 1 radical (unpaired) electrons. The van der Waals surface area contributed by atoms with E-state index in [0.29, 0.717) is 0 Å². The Morgan fingerprint density at radius 2 is 2.38 bits per heavy atom. The maximum atomic E-state index is 10.0. The monoisotopic (exact) mass is 116 g/mol. The Hall–Kier alpha value is -0.570. The average Bonchev–Trinajstić information content (AvgIpc) is 1.61. The van der Waals surface area contributed by atoms with Crippen molar-refractivity contribution in [2.45, 2.75) is 19.9 Å². The van der Waals surface area contributed by atoms with Gasteiger partial charge in [0.1, 0.15) is 6.61 Å². The molecule has 0 saturated heterocycles. The molecule has 0 bridgehead atoms. The molecule has 8 heavy (non-hydrogen) atoms. The lowest BCUT2D eigenvalue weighted by Crippen LogP contribution is -2.14. The Kier molecular flexibility index (Phi) is 3.19. The molecule has 0 spiro atoms. The van der Waals surface area contributed by atoms with Crippen LogP contribution in [0.15, 0.2) is 0 Å². The van der Waals surface area contributed by atoms with Crippen molar-refractivity contribution in [2.24, 2.45) is 0 Å². The van der Waals surface area contributed by atoms with Crippen molar-refractivity contribution in [3.63, 3.8) is 0 Å². The summed E-state index contributed by atoms with van der Waals surface area (Å²) < 4.78 is 4.48. The number of nitrogens with one attached hydrogen (secondary N) is 1. The van der Waals surface area contributed by atoms with E-state index in [2.05, 4.69) is 4.74 Å². The van der Waals surface area contributed by atoms with Gasteiger partial charge in [0.05, 0.1) is 6.04 Å². The molecule has 3 heteroatoms. The van der Waals surface area contributed by atoms with Gasteiger partial charge in [0.15, 0.2) is 0 Å².